The Kier molecular flexibility index (Phi) is 7.63. The van der Waals surface area contributed by atoms with Crippen LogP contribution in [0.3, 0.4) is 0 Å². The number of aryl methyl sites for hydroxylation is 2. The third-order valence-electron chi connectivity index (χ3n) is 3.55. The van der Waals surface area contributed by atoms with E-state index in [-0.39, 0.29) is 6.10 Å². The van der Waals surface area contributed by atoms with Crippen molar-refractivity contribution in [1.29, 1.82) is 0 Å². The fourth-order valence-corrected chi connectivity index (χ4v) is 2.39. The van der Waals surface area contributed by atoms with Crippen LogP contribution in [0.25, 0.3) is 0 Å². The summed E-state index contributed by atoms with van der Waals surface area (Å²) < 4.78 is 5.82. The quantitative estimate of drug-likeness (QED) is 0.919. The van der Waals surface area contributed by atoms with Crippen molar-refractivity contribution in [3.8, 4) is 5.75 Å². The Morgan fingerprint density at radius 3 is 2.45 bits per heavy atom. The third kappa shape index (κ3) is 5.51. The Labute approximate surface area is 123 Å². The number of aliphatic hydroxyl groups excluding tert-OH is 1. The van der Waals surface area contributed by atoms with Crippen LogP contribution >= 0.6 is 0 Å². The molecule has 1 aliphatic rings. The SMILES string of the molecule is CC.Cc1ccc(OCCN2CCC(O)CC2)c(C)c1. The minimum absolute atomic E-state index is 0.0958. The lowest BCUT2D eigenvalue weighted by Gasteiger charge is -2.29. The first-order chi connectivity index (χ1) is 9.65. The van der Waals surface area contributed by atoms with Gasteiger partial charge < -0.3 is 9.84 Å². The molecule has 1 saturated heterocycles. The Bertz CT molecular complexity index is 385. The van der Waals surface area contributed by atoms with Gasteiger partial charge in [-0.3, -0.25) is 4.90 Å². The van der Waals surface area contributed by atoms with E-state index in [1.165, 1.54) is 11.1 Å². The molecular formula is C17H29NO2. The first-order valence-electron chi connectivity index (χ1n) is 7.75. The van der Waals surface area contributed by atoms with Crippen LogP contribution in [-0.2, 0) is 0 Å². The fraction of sp³-hybridized carbons (Fsp3) is 0.647. The predicted octanol–water partition coefficient (Wildman–Crippen LogP) is 3.17. The van der Waals surface area contributed by atoms with Gasteiger partial charge >= 0.3 is 0 Å². The summed E-state index contributed by atoms with van der Waals surface area (Å²) >= 11 is 0. The zero-order chi connectivity index (χ0) is 15.0. The van der Waals surface area contributed by atoms with Crippen LogP contribution in [0.15, 0.2) is 18.2 Å². The first kappa shape index (κ1) is 17.0. The molecule has 1 aliphatic heterocycles. The van der Waals surface area contributed by atoms with Gasteiger partial charge in [-0.2, -0.15) is 0 Å². The first-order valence-corrected chi connectivity index (χ1v) is 7.75. The lowest BCUT2D eigenvalue weighted by Crippen LogP contribution is -2.38. The highest BCUT2D eigenvalue weighted by Gasteiger charge is 2.16. The maximum atomic E-state index is 9.43. The predicted molar refractivity (Wildman–Crippen MR) is 84.4 cm³/mol. The summed E-state index contributed by atoms with van der Waals surface area (Å²) in [5, 5.41) is 9.43. The summed E-state index contributed by atoms with van der Waals surface area (Å²) in [5.41, 5.74) is 2.47. The van der Waals surface area contributed by atoms with Gasteiger partial charge in [0.1, 0.15) is 12.4 Å². The highest BCUT2D eigenvalue weighted by molar-refractivity contribution is 5.35. The van der Waals surface area contributed by atoms with Crippen LogP contribution < -0.4 is 4.74 Å². The second kappa shape index (κ2) is 8.98. The molecule has 0 spiro atoms. The molecule has 0 bridgehead atoms. The number of hydrogen-bond acceptors (Lipinski definition) is 3. The van der Waals surface area contributed by atoms with Gasteiger partial charge in [-0.15, -0.1) is 0 Å². The van der Waals surface area contributed by atoms with Crippen molar-refractivity contribution >= 4 is 0 Å². The van der Waals surface area contributed by atoms with Crippen LogP contribution in [0.5, 0.6) is 5.75 Å². The summed E-state index contributed by atoms with van der Waals surface area (Å²) in [4.78, 5) is 2.36. The molecule has 1 fully saturated rings. The molecule has 0 unspecified atom stereocenters. The number of hydrogen-bond donors (Lipinski definition) is 1. The average Bonchev–Trinajstić information content (AvgIpc) is 2.45. The Morgan fingerprint density at radius 2 is 1.85 bits per heavy atom. The highest BCUT2D eigenvalue weighted by Crippen LogP contribution is 2.18. The summed E-state index contributed by atoms with van der Waals surface area (Å²) in [6.45, 7) is 11.8. The summed E-state index contributed by atoms with van der Waals surface area (Å²) in [6, 6.07) is 6.27. The molecule has 3 nitrogen and oxygen atoms in total. The summed E-state index contributed by atoms with van der Waals surface area (Å²) in [7, 11) is 0. The van der Waals surface area contributed by atoms with Crippen LogP contribution in [0.2, 0.25) is 0 Å². The fourth-order valence-electron chi connectivity index (χ4n) is 2.39. The molecule has 0 saturated carbocycles. The minimum Gasteiger partial charge on any atom is -0.492 e. The lowest BCUT2D eigenvalue weighted by molar-refractivity contribution is 0.0754. The smallest absolute Gasteiger partial charge is 0.122 e. The van der Waals surface area contributed by atoms with E-state index in [9.17, 15) is 5.11 Å². The number of likely N-dealkylation sites (tertiary alicyclic amines) is 1. The normalized spacial score (nSPS) is 16.4. The number of piperidine rings is 1. The number of aliphatic hydroxyl groups is 1. The molecule has 20 heavy (non-hydrogen) atoms. The molecule has 0 atom stereocenters. The number of ether oxygens (including phenoxy) is 1. The number of benzene rings is 1. The Balaban J connectivity index is 0.000000956. The standard InChI is InChI=1S/C15H23NO2.C2H6/c1-12-3-4-15(13(2)11-12)18-10-9-16-7-5-14(17)6-8-16;1-2/h3-4,11,14,17H,5-10H2,1-2H3;1-2H3. The molecule has 0 aliphatic carbocycles. The molecule has 1 heterocycles. The molecule has 0 aromatic heterocycles. The van der Waals surface area contributed by atoms with E-state index in [4.69, 9.17) is 4.74 Å². The van der Waals surface area contributed by atoms with Gasteiger partial charge in [0.15, 0.2) is 0 Å². The van der Waals surface area contributed by atoms with E-state index in [1.807, 2.05) is 19.9 Å². The molecule has 0 amide bonds. The van der Waals surface area contributed by atoms with Gasteiger partial charge in [-0.1, -0.05) is 31.5 Å². The number of nitrogens with zero attached hydrogens (tertiary/aromatic N) is 1. The van der Waals surface area contributed by atoms with E-state index in [1.54, 1.807) is 0 Å². The molecular weight excluding hydrogens is 250 g/mol. The molecule has 0 radical (unpaired) electrons. The van der Waals surface area contributed by atoms with Gasteiger partial charge in [-0.25, -0.2) is 0 Å². The van der Waals surface area contributed by atoms with Gasteiger partial charge in [0.05, 0.1) is 6.10 Å². The average molecular weight is 279 g/mol. The van der Waals surface area contributed by atoms with E-state index in [2.05, 4.69) is 30.9 Å². The zero-order valence-electron chi connectivity index (χ0n) is 13.4. The lowest BCUT2D eigenvalue weighted by atomic mass is 10.1. The Morgan fingerprint density at radius 1 is 1.20 bits per heavy atom. The van der Waals surface area contributed by atoms with Gasteiger partial charge in [-0.05, 0) is 38.3 Å². The maximum absolute atomic E-state index is 9.43. The zero-order valence-corrected chi connectivity index (χ0v) is 13.4. The van der Waals surface area contributed by atoms with Crippen molar-refractivity contribution in [1.82, 2.24) is 4.90 Å². The van der Waals surface area contributed by atoms with Crippen molar-refractivity contribution < 1.29 is 9.84 Å². The highest BCUT2D eigenvalue weighted by atomic mass is 16.5. The van der Waals surface area contributed by atoms with Crippen molar-refractivity contribution in [3.05, 3.63) is 29.3 Å². The molecule has 3 heteroatoms. The molecule has 1 aromatic rings. The largest absolute Gasteiger partial charge is 0.492 e. The van der Waals surface area contributed by atoms with Crippen molar-refractivity contribution in [3.63, 3.8) is 0 Å². The molecule has 1 N–H and O–H groups in total. The summed E-state index contributed by atoms with van der Waals surface area (Å²) in [6.07, 6.45) is 1.69. The minimum atomic E-state index is -0.0958. The molecule has 2 rings (SSSR count). The molecule has 114 valence electrons. The van der Waals surface area contributed by atoms with E-state index in [0.717, 1.165) is 44.8 Å². The van der Waals surface area contributed by atoms with Gasteiger partial charge in [0, 0.05) is 19.6 Å². The number of rotatable bonds is 4. The Hall–Kier alpha value is -1.06. The second-order valence-corrected chi connectivity index (χ2v) is 5.19. The van der Waals surface area contributed by atoms with Crippen LogP contribution in [0, 0.1) is 13.8 Å². The van der Waals surface area contributed by atoms with Crippen molar-refractivity contribution in [2.45, 2.75) is 46.6 Å². The topological polar surface area (TPSA) is 32.7 Å². The van der Waals surface area contributed by atoms with Gasteiger partial charge in [0.2, 0.25) is 0 Å². The van der Waals surface area contributed by atoms with Crippen LogP contribution in [0.4, 0.5) is 0 Å². The molecule has 1 aromatic carbocycles. The van der Waals surface area contributed by atoms with Crippen LogP contribution in [0.1, 0.15) is 37.8 Å². The maximum Gasteiger partial charge on any atom is 0.122 e. The van der Waals surface area contributed by atoms with Gasteiger partial charge in [0.25, 0.3) is 0 Å². The van der Waals surface area contributed by atoms with E-state index < -0.39 is 0 Å². The third-order valence-corrected chi connectivity index (χ3v) is 3.55. The van der Waals surface area contributed by atoms with Crippen molar-refractivity contribution in [2.75, 3.05) is 26.2 Å². The van der Waals surface area contributed by atoms with E-state index in [0.29, 0.717) is 0 Å². The second-order valence-electron chi connectivity index (χ2n) is 5.19. The van der Waals surface area contributed by atoms with Crippen molar-refractivity contribution in [2.24, 2.45) is 0 Å². The van der Waals surface area contributed by atoms with E-state index >= 15 is 0 Å². The monoisotopic (exact) mass is 279 g/mol. The van der Waals surface area contributed by atoms with Crippen LogP contribution in [-0.4, -0.2) is 42.4 Å². The summed E-state index contributed by atoms with van der Waals surface area (Å²) in [5.74, 6) is 0.984.